The van der Waals surface area contributed by atoms with Crippen LogP contribution in [-0.2, 0) is 19.1 Å². The van der Waals surface area contributed by atoms with Gasteiger partial charge >= 0.3 is 12.2 Å². The van der Waals surface area contributed by atoms with Crippen molar-refractivity contribution in [3.05, 3.63) is 0 Å². The Morgan fingerprint density at radius 2 is 1.04 bits per heavy atom. The van der Waals surface area contributed by atoms with Crippen molar-refractivity contribution in [3.8, 4) is 0 Å². The maximum absolute atomic E-state index is 11.4. The zero-order chi connectivity index (χ0) is 20.7. The highest BCUT2D eigenvalue weighted by Gasteiger charge is 2.04. The molecule has 0 saturated heterocycles. The van der Waals surface area contributed by atoms with E-state index in [2.05, 4.69) is 20.6 Å². The Balaban J connectivity index is 3.36. The summed E-state index contributed by atoms with van der Waals surface area (Å²) in [6.07, 6.45) is 8.87. The second kappa shape index (κ2) is 20.6. The van der Waals surface area contributed by atoms with Crippen LogP contribution in [0.4, 0.5) is 9.59 Å². The molecule has 158 valence electrons. The Morgan fingerprint density at radius 3 is 1.43 bits per heavy atom. The third-order valence-electron chi connectivity index (χ3n) is 3.61. The molecule has 10 nitrogen and oxygen atoms in total. The van der Waals surface area contributed by atoms with Gasteiger partial charge in [0, 0.05) is 13.1 Å². The van der Waals surface area contributed by atoms with Gasteiger partial charge in [-0.25, -0.2) is 29.2 Å². The summed E-state index contributed by atoms with van der Waals surface area (Å²) in [4.78, 5) is 49.5. The minimum Gasteiger partial charge on any atom is -0.446 e. The Kier molecular flexibility index (Phi) is 18.6. The molecule has 0 spiro atoms. The predicted molar refractivity (Wildman–Crippen MR) is 102 cm³/mol. The summed E-state index contributed by atoms with van der Waals surface area (Å²) in [7, 11) is 0. The fourth-order valence-electron chi connectivity index (χ4n) is 2.18. The lowest BCUT2D eigenvalue weighted by molar-refractivity contribution is 0.0956. The van der Waals surface area contributed by atoms with Crippen molar-refractivity contribution in [2.75, 3.05) is 39.4 Å². The maximum Gasteiger partial charge on any atom is 0.407 e. The van der Waals surface area contributed by atoms with E-state index < -0.39 is 12.2 Å². The highest BCUT2D eigenvalue weighted by atomic mass is 16.6. The van der Waals surface area contributed by atoms with Crippen molar-refractivity contribution in [2.45, 2.75) is 51.4 Å². The number of carbonyl (C=O) groups is 2. The highest BCUT2D eigenvalue weighted by molar-refractivity contribution is 5.67. The largest absolute Gasteiger partial charge is 0.446 e. The van der Waals surface area contributed by atoms with E-state index in [0.717, 1.165) is 51.4 Å². The van der Waals surface area contributed by atoms with E-state index >= 15 is 0 Å². The minimum atomic E-state index is -0.548. The number of isocyanates is 2. The third kappa shape index (κ3) is 19.6. The number of rotatable bonds is 17. The molecule has 0 bridgehead atoms. The Morgan fingerprint density at radius 1 is 0.643 bits per heavy atom. The molecule has 0 aromatic rings. The van der Waals surface area contributed by atoms with Crippen LogP contribution in [0.3, 0.4) is 0 Å². The summed E-state index contributed by atoms with van der Waals surface area (Å²) in [5, 5.41) is 5.22. The molecular weight excluding hydrogens is 368 g/mol. The summed E-state index contributed by atoms with van der Waals surface area (Å²) in [5.74, 6) is 0. The van der Waals surface area contributed by atoms with E-state index in [9.17, 15) is 19.2 Å². The SMILES string of the molecule is O=C=NCCCCCCNC(=O)OCCOC(=O)NCCCCCCN=C=O. The summed E-state index contributed by atoms with van der Waals surface area (Å²) >= 11 is 0. The molecule has 0 aromatic carbocycles. The first-order valence-corrected chi connectivity index (χ1v) is 9.59. The van der Waals surface area contributed by atoms with E-state index in [1.807, 2.05) is 0 Å². The third-order valence-corrected chi connectivity index (χ3v) is 3.61. The number of carbonyl (C=O) groups excluding carboxylic acids is 4. The van der Waals surface area contributed by atoms with Gasteiger partial charge in [-0.1, -0.05) is 25.7 Å². The van der Waals surface area contributed by atoms with Gasteiger partial charge < -0.3 is 20.1 Å². The Hall–Kier alpha value is -2.70. The normalized spacial score (nSPS) is 9.57. The van der Waals surface area contributed by atoms with E-state index in [4.69, 9.17) is 9.47 Å². The molecule has 2 N–H and O–H groups in total. The number of aliphatic imine (C=N–C) groups is 2. The zero-order valence-electron chi connectivity index (χ0n) is 16.2. The minimum absolute atomic E-state index is 0.0137. The molecule has 0 aromatic heterocycles. The molecule has 0 radical (unpaired) electrons. The molecule has 10 heteroatoms. The Labute approximate surface area is 165 Å². The van der Waals surface area contributed by atoms with Crippen LogP contribution in [0.15, 0.2) is 9.98 Å². The number of ether oxygens (including phenoxy) is 2. The number of hydrogen-bond donors (Lipinski definition) is 2. The van der Waals surface area contributed by atoms with Gasteiger partial charge in [0.05, 0.1) is 13.1 Å². The Bertz CT molecular complexity index is 470. The maximum atomic E-state index is 11.4. The van der Waals surface area contributed by atoms with Crippen LogP contribution >= 0.6 is 0 Å². The van der Waals surface area contributed by atoms with Crippen LogP contribution < -0.4 is 10.6 Å². The van der Waals surface area contributed by atoms with E-state index in [1.165, 1.54) is 12.2 Å². The van der Waals surface area contributed by atoms with Gasteiger partial charge in [0.25, 0.3) is 0 Å². The summed E-state index contributed by atoms with van der Waals surface area (Å²) < 4.78 is 9.79. The van der Waals surface area contributed by atoms with Crippen LogP contribution in [-0.4, -0.2) is 63.7 Å². The van der Waals surface area contributed by atoms with Crippen molar-refractivity contribution in [1.29, 1.82) is 0 Å². The monoisotopic (exact) mass is 398 g/mol. The lowest BCUT2D eigenvalue weighted by atomic mass is 10.2. The summed E-state index contributed by atoms with van der Waals surface area (Å²) in [5.41, 5.74) is 0. The van der Waals surface area contributed by atoms with Gasteiger partial charge in [0.1, 0.15) is 13.2 Å². The topological polar surface area (TPSA) is 136 Å². The average Bonchev–Trinajstić information content (AvgIpc) is 2.69. The van der Waals surface area contributed by atoms with E-state index in [-0.39, 0.29) is 13.2 Å². The molecule has 0 heterocycles. The number of unbranched alkanes of at least 4 members (excludes halogenated alkanes) is 6. The lowest BCUT2D eigenvalue weighted by Crippen LogP contribution is -2.29. The number of hydrogen-bond acceptors (Lipinski definition) is 8. The van der Waals surface area contributed by atoms with Gasteiger partial charge in [-0.05, 0) is 25.7 Å². The standard InChI is InChI=1S/C18H30N4O6/c23-15-19-9-5-1-3-7-11-21-17(25)27-13-14-28-18(26)22-12-8-4-2-6-10-20-16-24/h1-14H2,(H,21,25)(H,22,26). The average molecular weight is 398 g/mol. The molecule has 0 atom stereocenters. The fourth-order valence-corrected chi connectivity index (χ4v) is 2.18. The summed E-state index contributed by atoms with van der Waals surface area (Å²) in [6, 6.07) is 0. The first kappa shape index (κ1) is 25.3. The molecule has 0 aliphatic heterocycles. The first-order valence-electron chi connectivity index (χ1n) is 9.59. The van der Waals surface area contributed by atoms with Gasteiger partial charge in [0.15, 0.2) is 0 Å². The molecular formula is C18H30N4O6. The van der Waals surface area contributed by atoms with Gasteiger partial charge in [-0.3, -0.25) is 0 Å². The molecule has 0 rings (SSSR count). The van der Waals surface area contributed by atoms with Crippen LogP contribution in [0.2, 0.25) is 0 Å². The zero-order valence-corrected chi connectivity index (χ0v) is 16.2. The van der Waals surface area contributed by atoms with Crippen LogP contribution in [0.25, 0.3) is 0 Å². The van der Waals surface area contributed by atoms with E-state index in [0.29, 0.717) is 26.2 Å². The number of alkyl carbamates (subject to hydrolysis) is 2. The quantitative estimate of drug-likeness (QED) is 0.219. The van der Waals surface area contributed by atoms with Crippen molar-refractivity contribution in [1.82, 2.24) is 10.6 Å². The van der Waals surface area contributed by atoms with Crippen molar-refractivity contribution in [2.24, 2.45) is 9.98 Å². The van der Waals surface area contributed by atoms with Crippen LogP contribution in [0, 0.1) is 0 Å². The smallest absolute Gasteiger partial charge is 0.407 e. The molecule has 2 amide bonds. The summed E-state index contributed by atoms with van der Waals surface area (Å²) in [6.45, 7) is 1.95. The van der Waals surface area contributed by atoms with Gasteiger partial charge in [-0.15, -0.1) is 0 Å². The molecule has 0 unspecified atom stereocenters. The molecule has 28 heavy (non-hydrogen) atoms. The van der Waals surface area contributed by atoms with Gasteiger partial charge in [0.2, 0.25) is 12.2 Å². The number of nitrogens with zero attached hydrogens (tertiary/aromatic N) is 2. The van der Waals surface area contributed by atoms with Gasteiger partial charge in [-0.2, -0.15) is 0 Å². The number of amides is 2. The second-order valence-corrected chi connectivity index (χ2v) is 5.90. The highest BCUT2D eigenvalue weighted by Crippen LogP contribution is 1.99. The molecule has 0 aliphatic carbocycles. The lowest BCUT2D eigenvalue weighted by Gasteiger charge is -2.08. The molecule has 0 fully saturated rings. The second-order valence-electron chi connectivity index (χ2n) is 5.90. The van der Waals surface area contributed by atoms with Crippen molar-refractivity contribution >= 4 is 24.3 Å². The van der Waals surface area contributed by atoms with Crippen molar-refractivity contribution < 1.29 is 28.7 Å². The predicted octanol–water partition coefficient (Wildman–Crippen LogP) is 2.23. The molecule has 0 saturated carbocycles. The van der Waals surface area contributed by atoms with Crippen LogP contribution in [0.5, 0.6) is 0 Å². The van der Waals surface area contributed by atoms with E-state index in [1.54, 1.807) is 0 Å². The molecule has 0 aliphatic rings. The first-order chi connectivity index (χ1) is 13.7. The van der Waals surface area contributed by atoms with Crippen molar-refractivity contribution in [3.63, 3.8) is 0 Å². The fraction of sp³-hybridized carbons (Fsp3) is 0.778. The van der Waals surface area contributed by atoms with Crippen LogP contribution in [0.1, 0.15) is 51.4 Å². The number of nitrogens with one attached hydrogen (secondary N) is 2.